The molecule has 1 saturated heterocycles. The van der Waals surface area contributed by atoms with Gasteiger partial charge in [-0.05, 0) is 50.9 Å². The summed E-state index contributed by atoms with van der Waals surface area (Å²) >= 11 is 0. The first-order valence-corrected chi connectivity index (χ1v) is 9.50. The zero-order chi connectivity index (χ0) is 18.6. The van der Waals surface area contributed by atoms with Gasteiger partial charge in [0.05, 0.1) is 17.5 Å². The number of aryl methyl sites for hydroxylation is 1. The van der Waals surface area contributed by atoms with Crippen LogP contribution in [-0.4, -0.2) is 46.2 Å². The number of hydrogen-bond donors (Lipinski definition) is 1. The predicted molar refractivity (Wildman–Crippen MR) is 103 cm³/mol. The van der Waals surface area contributed by atoms with Crippen LogP contribution in [0.2, 0.25) is 0 Å². The lowest BCUT2D eigenvalue weighted by atomic mass is 9.99. The molecule has 1 aliphatic rings. The fourth-order valence-electron chi connectivity index (χ4n) is 3.35. The van der Waals surface area contributed by atoms with Crippen molar-refractivity contribution < 1.29 is 8.94 Å². The van der Waals surface area contributed by atoms with E-state index in [0.29, 0.717) is 23.2 Å². The van der Waals surface area contributed by atoms with Gasteiger partial charge in [-0.3, -0.25) is 0 Å². The van der Waals surface area contributed by atoms with Gasteiger partial charge in [0, 0.05) is 25.4 Å². The van der Waals surface area contributed by atoms with Crippen molar-refractivity contribution in [3.63, 3.8) is 0 Å². The molecule has 4 rings (SSSR count). The van der Waals surface area contributed by atoms with Crippen molar-refractivity contribution in [3.8, 4) is 22.8 Å². The van der Waals surface area contributed by atoms with E-state index in [1.165, 1.54) is 25.9 Å². The molecule has 0 radical (unpaired) electrons. The molecule has 0 unspecified atom stereocenters. The first-order chi connectivity index (χ1) is 13.2. The van der Waals surface area contributed by atoms with Gasteiger partial charge in [-0.1, -0.05) is 12.1 Å². The molecule has 7 nitrogen and oxygen atoms in total. The van der Waals surface area contributed by atoms with Gasteiger partial charge >= 0.3 is 0 Å². The molecule has 27 heavy (non-hydrogen) atoms. The molecule has 1 aliphatic heterocycles. The molecule has 0 amide bonds. The third kappa shape index (κ3) is 4.19. The molecule has 0 saturated carbocycles. The lowest BCUT2D eigenvalue weighted by molar-refractivity contribution is 0.199. The lowest BCUT2D eigenvalue weighted by Gasteiger charge is -2.30. The number of anilines is 1. The minimum absolute atomic E-state index is 0.590. The van der Waals surface area contributed by atoms with Crippen molar-refractivity contribution in [3.05, 3.63) is 36.4 Å². The van der Waals surface area contributed by atoms with Gasteiger partial charge in [0.15, 0.2) is 11.5 Å². The van der Waals surface area contributed by atoms with Crippen LogP contribution in [0.15, 0.2) is 39.6 Å². The number of nitrogens with zero attached hydrogens (tertiary/aromatic N) is 4. The number of rotatable bonds is 6. The molecule has 0 aromatic carbocycles. The van der Waals surface area contributed by atoms with E-state index in [4.69, 9.17) is 8.94 Å². The highest BCUT2D eigenvalue weighted by Crippen LogP contribution is 2.31. The van der Waals surface area contributed by atoms with E-state index >= 15 is 0 Å². The van der Waals surface area contributed by atoms with E-state index in [0.717, 1.165) is 30.3 Å². The van der Waals surface area contributed by atoms with E-state index in [1.807, 2.05) is 25.1 Å². The number of nitrogens with one attached hydrogen (secondary N) is 1. The van der Waals surface area contributed by atoms with E-state index in [1.54, 1.807) is 12.5 Å². The van der Waals surface area contributed by atoms with Gasteiger partial charge in [-0.2, -0.15) is 0 Å². The number of aromatic nitrogens is 3. The topological polar surface area (TPSA) is 80.2 Å². The summed E-state index contributed by atoms with van der Waals surface area (Å²) in [4.78, 5) is 11.6. The molecule has 1 fully saturated rings. The number of piperidine rings is 1. The number of furan rings is 1. The van der Waals surface area contributed by atoms with Crippen LogP contribution in [0.5, 0.6) is 0 Å². The van der Waals surface area contributed by atoms with Crippen LogP contribution in [0, 0.1) is 12.8 Å². The highest BCUT2D eigenvalue weighted by molar-refractivity contribution is 5.75. The highest BCUT2D eigenvalue weighted by atomic mass is 16.5. The van der Waals surface area contributed by atoms with E-state index in [2.05, 4.69) is 32.3 Å². The van der Waals surface area contributed by atoms with Gasteiger partial charge in [0.25, 0.3) is 0 Å². The molecule has 142 valence electrons. The summed E-state index contributed by atoms with van der Waals surface area (Å²) in [6, 6.07) is 5.60. The molecule has 0 spiro atoms. The van der Waals surface area contributed by atoms with Crippen molar-refractivity contribution in [1.82, 2.24) is 20.0 Å². The van der Waals surface area contributed by atoms with Crippen molar-refractivity contribution in [1.29, 1.82) is 0 Å². The van der Waals surface area contributed by atoms with Crippen LogP contribution in [0.1, 0.15) is 25.5 Å². The normalized spacial score (nSPS) is 15.9. The van der Waals surface area contributed by atoms with Gasteiger partial charge in [-0.15, -0.1) is 0 Å². The second kappa shape index (κ2) is 7.92. The third-order valence-electron chi connectivity index (χ3n) is 5.02. The first kappa shape index (κ1) is 17.7. The zero-order valence-corrected chi connectivity index (χ0v) is 15.8. The first-order valence-electron chi connectivity index (χ1n) is 9.50. The van der Waals surface area contributed by atoms with Crippen molar-refractivity contribution in [2.24, 2.45) is 5.92 Å². The summed E-state index contributed by atoms with van der Waals surface area (Å²) in [6.07, 6.45) is 5.96. The molecule has 3 aromatic rings. The summed E-state index contributed by atoms with van der Waals surface area (Å²) in [5.74, 6) is 2.75. The molecule has 0 bridgehead atoms. The zero-order valence-electron chi connectivity index (χ0n) is 15.8. The van der Waals surface area contributed by atoms with Crippen LogP contribution in [0.4, 0.5) is 5.95 Å². The third-order valence-corrected chi connectivity index (χ3v) is 5.02. The Labute approximate surface area is 158 Å². The average molecular weight is 367 g/mol. The Kier molecular flexibility index (Phi) is 5.20. The predicted octanol–water partition coefficient (Wildman–Crippen LogP) is 3.84. The van der Waals surface area contributed by atoms with E-state index < -0.39 is 0 Å². The standard InChI is InChI=1S/C20H25N5O2/c1-14-5-8-25(9-6-14)10-7-21-20-22-13-16(18-12-15(2)24-27-18)19(23-20)17-4-3-11-26-17/h3-4,11-14H,5-10H2,1-2H3,(H,21,22,23). The Morgan fingerprint density at radius 3 is 2.81 bits per heavy atom. The maximum Gasteiger partial charge on any atom is 0.223 e. The maximum atomic E-state index is 5.56. The van der Waals surface area contributed by atoms with Crippen LogP contribution in [0.25, 0.3) is 22.8 Å². The fraction of sp³-hybridized carbons (Fsp3) is 0.450. The minimum Gasteiger partial charge on any atom is -0.463 e. The maximum absolute atomic E-state index is 5.56. The lowest BCUT2D eigenvalue weighted by Crippen LogP contribution is -2.36. The molecule has 4 heterocycles. The summed E-state index contributed by atoms with van der Waals surface area (Å²) in [7, 11) is 0. The van der Waals surface area contributed by atoms with Crippen LogP contribution in [0.3, 0.4) is 0 Å². The molecule has 3 aromatic heterocycles. The second-order valence-electron chi connectivity index (χ2n) is 7.22. The molecular formula is C20H25N5O2. The monoisotopic (exact) mass is 367 g/mol. The Bertz CT molecular complexity index is 866. The van der Waals surface area contributed by atoms with Crippen molar-refractivity contribution in [2.45, 2.75) is 26.7 Å². The minimum atomic E-state index is 0.590. The molecular weight excluding hydrogens is 342 g/mol. The molecule has 0 aliphatic carbocycles. The van der Waals surface area contributed by atoms with Crippen LogP contribution >= 0.6 is 0 Å². The Balaban J connectivity index is 1.48. The summed E-state index contributed by atoms with van der Waals surface area (Å²) in [6.45, 7) is 8.37. The van der Waals surface area contributed by atoms with Crippen LogP contribution in [-0.2, 0) is 0 Å². The van der Waals surface area contributed by atoms with Gasteiger partial charge < -0.3 is 19.2 Å². The fourth-order valence-corrected chi connectivity index (χ4v) is 3.35. The van der Waals surface area contributed by atoms with Crippen LogP contribution < -0.4 is 5.32 Å². The molecule has 0 atom stereocenters. The molecule has 1 N–H and O–H groups in total. The average Bonchev–Trinajstić information content (AvgIpc) is 3.35. The smallest absolute Gasteiger partial charge is 0.223 e. The van der Waals surface area contributed by atoms with E-state index in [9.17, 15) is 0 Å². The largest absolute Gasteiger partial charge is 0.463 e. The number of hydrogen-bond acceptors (Lipinski definition) is 7. The molecule has 7 heteroatoms. The summed E-state index contributed by atoms with van der Waals surface area (Å²) in [5.41, 5.74) is 2.27. The van der Waals surface area contributed by atoms with Crippen molar-refractivity contribution >= 4 is 5.95 Å². The quantitative estimate of drug-likeness (QED) is 0.709. The van der Waals surface area contributed by atoms with Crippen molar-refractivity contribution in [2.75, 3.05) is 31.5 Å². The highest BCUT2D eigenvalue weighted by Gasteiger charge is 2.18. The summed E-state index contributed by atoms with van der Waals surface area (Å²) < 4.78 is 11.0. The second-order valence-corrected chi connectivity index (χ2v) is 7.22. The Hall–Kier alpha value is -2.67. The SMILES string of the molecule is Cc1cc(-c2cnc(NCCN3CCC(C)CC3)nc2-c2ccco2)on1. The van der Waals surface area contributed by atoms with Gasteiger partial charge in [0.1, 0.15) is 5.69 Å². The van der Waals surface area contributed by atoms with Gasteiger partial charge in [-0.25, -0.2) is 9.97 Å². The van der Waals surface area contributed by atoms with Gasteiger partial charge in [0.2, 0.25) is 5.95 Å². The number of likely N-dealkylation sites (tertiary alicyclic amines) is 1. The summed E-state index contributed by atoms with van der Waals surface area (Å²) in [5, 5.41) is 7.30. The Morgan fingerprint density at radius 2 is 2.11 bits per heavy atom. The Morgan fingerprint density at radius 1 is 1.26 bits per heavy atom. The van der Waals surface area contributed by atoms with E-state index in [-0.39, 0.29) is 0 Å².